The van der Waals surface area contributed by atoms with Crippen molar-refractivity contribution in [2.24, 2.45) is 5.92 Å². The van der Waals surface area contributed by atoms with Crippen molar-refractivity contribution < 1.29 is 5.11 Å². The molecule has 2 heteroatoms. The minimum atomic E-state index is 0.135. The van der Waals surface area contributed by atoms with E-state index < -0.39 is 0 Å². The molecule has 0 radical (unpaired) electrons. The van der Waals surface area contributed by atoms with Crippen molar-refractivity contribution in [3.05, 3.63) is 58.6 Å². The molecular weight excluding hydrogens is 268 g/mol. The molecule has 1 N–H and O–H groups in total. The number of fused-ring (bicyclic) bond motifs is 1. The number of phenolic OH excluding ortho intramolecular Hbond substituents is 1. The topological polar surface area (TPSA) is 20.2 Å². The van der Waals surface area contributed by atoms with Gasteiger partial charge in [0.05, 0.1) is 5.02 Å². The van der Waals surface area contributed by atoms with E-state index >= 15 is 0 Å². The Morgan fingerprint density at radius 1 is 1.15 bits per heavy atom. The van der Waals surface area contributed by atoms with Crippen LogP contribution in [-0.2, 0) is 0 Å². The van der Waals surface area contributed by atoms with Gasteiger partial charge in [-0.15, -0.1) is 0 Å². The lowest BCUT2D eigenvalue weighted by Gasteiger charge is -2.19. The first kappa shape index (κ1) is 13.3. The van der Waals surface area contributed by atoms with Gasteiger partial charge in [0.15, 0.2) is 0 Å². The molecule has 0 amide bonds. The number of halogens is 1. The molecule has 20 heavy (non-hydrogen) atoms. The van der Waals surface area contributed by atoms with Crippen LogP contribution in [0, 0.1) is 5.92 Å². The van der Waals surface area contributed by atoms with Crippen molar-refractivity contribution in [1.82, 2.24) is 0 Å². The highest BCUT2D eigenvalue weighted by Crippen LogP contribution is 2.36. The summed E-state index contributed by atoms with van der Waals surface area (Å²) < 4.78 is 0. The molecule has 1 aliphatic carbocycles. The first-order valence-corrected chi connectivity index (χ1v) is 7.23. The molecule has 2 aromatic carbocycles. The van der Waals surface area contributed by atoms with E-state index in [-0.39, 0.29) is 5.75 Å². The van der Waals surface area contributed by atoms with Crippen LogP contribution in [0.4, 0.5) is 0 Å². The Morgan fingerprint density at radius 3 is 2.70 bits per heavy atom. The van der Waals surface area contributed by atoms with E-state index in [1.807, 2.05) is 12.1 Å². The van der Waals surface area contributed by atoms with Crippen molar-refractivity contribution in [1.29, 1.82) is 0 Å². The van der Waals surface area contributed by atoms with Crippen molar-refractivity contribution in [2.45, 2.75) is 20.3 Å². The summed E-state index contributed by atoms with van der Waals surface area (Å²) in [4.78, 5) is 0. The Labute approximate surface area is 124 Å². The second-order valence-electron chi connectivity index (χ2n) is 5.54. The molecule has 0 spiro atoms. The molecule has 1 unspecified atom stereocenters. The van der Waals surface area contributed by atoms with Gasteiger partial charge in [0.2, 0.25) is 0 Å². The highest BCUT2D eigenvalue weighted by molar-refractivity contribution is 6.37. The summed E-state index contributed by atoms with van der Waals surface area (Å²) in [5, 5.41) is 12.0. The number of benzene rings is 2. The third-order valence-corrected chi connectivity index (χ3v) is 4.55. The fraction of sp³-hybridized carbons (Fsp3) is 0.222. The summed E-state index contributed by atoms with van der Waals surface area (Å²) in [5.41, 5.74) is 4.02. The standard InChI is InChI=1S/C18H17ClO/c1-11-3-4-13(9-12(11)2)14-5-7-16-15(10-14)6-8-17(20)18(16)19/h3-8,10,12,20H,9H2,1-2H3. The van der Waals surface area contributed by atoms with Gasteiger partial charge >= 0.3 is 0 Å². The van der Waals surface area contributed by atoms with Crippen LogP contribution in [0.3, 0.4) is 0 Å². The zero-order valence-electron chi connectivity index (χ0n) is 11.7. The van der Waals surface area contributed by atoms with Crippen molar-refractivity contribution in [2.75, 3.05) is 0 Å². The number of aromatic hydroxyl groups is 1. The first-order valence-electron chi connectivity index (χ1n) is 6.85. The molecule has 0 fully saturated rings. The number of hydrogen-bond acceptors (Lipinski definition) is 1. The van der Waals surface area contributed by atoms with Gasteiger partial charge in [-0.05, 0) is 47.9 Å². The zero-order chi connectivity index (χ0) is 14.3. The average molecular weight is 285 g/mol. The fourth-order valence-corrected chi connectivity index (χ4v) is 2.88. The van der Waals surface area contributed by atoms with Crippen LogP contribution in [0.1, 0.15) is 25.8 Å². The van der Waals surface area contributed by atoms with E-state index in [4.69, 9.17) is 11.6 Å². The summed E-state index contributed by atoms with van der Waals surface area (Å²) in [6, 6.07) is 9.78. The third-order valence-electron chi connectivity index (χ3n) is 4.16. The molecule has 1 nitrogen and oxygen atoms in total. The van der Waals surface area contributed by atoms with Crippen LogP contribution >= 0.6 is 11.6 Å². The number of hydrogen-bond donors (Lipinski definition) is 1. The van der Waals surface area contributed by atoms with Crippen molar-refractivity contribution in [3.63, 3.8) is 0 Å². The largest absolute Gasteiger partial charge is 0.506 e. The van der Waals surface area contributed by atoms with Gasteiger partial charge in [0.25, 0.3) is 0 Å². The Bertz CT molecular complexity index is 740. The minimum absolute atomic E-state index is 0.135. The van der Waals surface area contributed by atoms with Gasteiger partial charge in [-0.1, -0.05) is 54.4 Å². The minimum Gasteiger partial charge on any atom is -0.506 e. The van der Waals surface area contributed by atoms with Crippen LogP contribution in [0.15, 0.2) is 48.1 Å². The molecule has 0 aliphatic heterocycles. The van der Waals surface area contributed by atoms with Crippen LogP contribution in [-0.4, -0.2) is 5.11 Å². The summed E-state index contributed by atoms with van der Waals surface area (Å²) in [7, 11) is 0. The maximum Gasteiger partial charge on any atom is 0.134 e. The van der Waals surface area contributed by atoms with Crippen LogP contribution in [0.25, 0.3) is 16.3 Å². The molecule has 1 atom stereocenters. The summed E-state index contributed by atoms with van der Waals surface area (Å²) in [6.07, 6.45) is 5.48. The van der Waals surface area contributed by atoms with Crippen molar-refractivity contribution >= 4 is 27.9 Å². The predicted octanol–water partition coefficient (Wildman–Crippen LogP) is 5.57. The van der Waals surface area contributed by atoms with Crippen molar-refractivity contribution in [3.8, 4) is 5.75 Å². The van der Waals surface area contributed by atoms with Crippen LogP contribution in [0.5, 0.6) is 5.75 Å². The molecule has 0 saturated carbocycles. The molecule has 0 heterocycles. The molecule has 2 aromatic rings. The van der Waals surface area contributed by atoms with E-state index in [0.717, 1.165) is 17.2 Å². The van der Waals surface area contributed by atoms with Gasteiger partial charge in [0, 0.05) is 5.39 Å². The molecule has 1 aliphatic rings. The Morgan fingerprint density at radius 2 is 1.95 bits per heavy atom. The van der Waals surface area contributed by atoms with E-state index in [1.165, 1.54) is 16.7 Å². The average Bonchev–Trinajstić information content (AvgIpc) is 2.45. The van der Waals surface area contributed by atoms with E-state index in [0.29, 0.717) is 10.9 Å². The van der Waals surface area contributed by atoms with Crippen LogP contribution in [0.2, 0.25) is 5.02 Å². The Balaban J connectivity index is 2.09. The fourth-order valence-electron chi connectivity index (χ4n) is 2.65. The van der Waals surface area contributed by atoms with Crippen LogP contribution < -0.4 is 0 Å². The van der Waals surface area contributed by atoms with Gasteiger partial charge in [0.1, 0.15) is 5.75 Å². The Kier molecular flexibility index (Phi) is 3.31. The van der Waals surface area contributed by atoms with Gasteiger partial charge < -0.3 is 5.11 Å². The smallest absolute Gasteiger partial charge is 0.134 e. The third kappa shape index (κ3) is 2.23. The first-order chi connectivity index (χ1) is 9.56. The number of allylic oxidation sites excluding steroid dienone is 4. The highest BCUT2D eigenvalue weighted by Gasteiger charge is 2.14. The Hall–Kier alpha value is -1.73. The second kappa shape index (κ2) is 4.99. The quantitative estimate of drug-likeness (QED) is 0.726. The lowest BCUT2D eigenvalue weighted by atomic mass is 9.86. The van der Waals surface area contributed by atoms with E-state index in [9.17, 15) is 5.11 Å². The summed E-state index contributed by atoms with van der Waals surface area (Å²) >= 11 is 6.13. The normalized spacial score (nSPS) is 18.9. The maximum atomic E-state index is 9.65. The van der Waals surface area contributed by atoms with Gasteiger partial charge in [-0.25, -0.2) is 0 Å². The maximum absolute atomic E-state index is 9.65. The summed E-state index contributed by atoms with van der Waals surface area (Å²) in [6.45, 7) is 4.44. The highest BCUT2D eigenvalue weighted by atomic mass is 35.5. The van der Waals surface area contributed by atoms with Gasteiger partial charge in [-0.2, -0.15) is 0 Å². The molecular formula is C18H17ClO. The number of rotatable bonds is 1. The lowest BCUT2D eigenvalue weighted by molar-refractivity contribution is 0.476. The predicted molar refractivity (Wildman–Crippen MR) is 86.1 cm³/mol. The zero-order valence-corrected chi connectivity index (χ0v) is 12.4. The number of phenols is 1. The lowest BCUT2D eigenvalue weighted by Crippen LogP contribution is -2.02. The summed E-state index contributed by atoms with van der Waals surface area (Å²) in [5.74, 6) is 0.727. The molecule has 0 bridgehead atoms. The molecule has 102 valence electrons. The van der Waals surface area contributed by atoms with E-state index in [2.05, 4.69) is 38.1 Å². The molecule has 0 aromatic heterocycles. The second-order valence-corrected chi connectivity index (χ2v) is 5.92. The SMILES string of the molecule is CC1=CC=C(c2ccc3c(Cl)c(O)ccc3c2)CC1C. The van der Waals surface area contributed by atoms with Gasteiger partial charge in [-0.3, -0.25) is 0 Å². The molecule has 0 saturated heterocycles. The molecule has 3 rings (SSSR count). The monoisotopic (exact) mass is 284 g/mol. The van der Waals surface area contributed by atoms with E-state index in [1.54, 1.807) is 6.07 Å².